The molecule has 3 rings (SSSR count). The number of rotatable bonds is 6. The molecular formula is C22H22N4O2S. The number of hydrogen-bond donors (Lipinski definition) is 0. The van der Waals surface area contributed by atoms with Gasteiger partial charge >= 0.3 is 0 Å². The van der Waals surface area contributed by atoms with E-state index in [2.05, 4.69) is 0 Å². The topological polar surface area (TPSA) is 79.0 Å². The van der Waals surface area contributed by atoms with E-state index in [-0.39, 0.29) is 23.6 Å². The van der Waals surface area contributed by atoms with Crippen molar-refractivity contribution < 1.29 is 4.79 Å². The quantitative estimate of drug-likeness (QED) is 0.463. The summed E-state index contributed by atoms with van der Waals surface area (Å²) in [6.07, 6.45) is 0.286. The summed E-state index contributed by atoms with van der Waals surface area (Å²) in [5, 5.41) is 9.73. The Hall–Kier alpha value is -3.11. The zero-order valence-corrected chi connectivity index (χ0v) is 17.5. The van der Waals surface area contributed by atoms with E-state index in [1.54, 1.807) is 23.7 Å². The minimum absolute atomic E-state index is 0.110. The van der Waals surface area contributed by atoms with Crippen LogP contribution in [0.2, 0.25) is 0 Å². The minimum atomic E-state index is -0.152. The molecule has 1 heterocycles. The van der Waals surface area contributed by atoms with Crippen LogP contribution in [0.3, 0.4) is 0 Å². The molecule has 0 fully saturated rings. The molecule has 29 heavy (non-hydrogen) atoms. The normalized spacial score (nSPS) is 10.7. The number of para-hydroxylation sites is 2. The minimum Gasteiger partial charge on any atom is -0.344 e. The summed E-state index contributed by atoms with van der Waals surface area (Å²) in [4.78, 5) is 32.0. The molecule has 0 saturated heterocycles. The highest BCUT2D eigenvalue weighted by atomic mass is 32.2. The molecule has 0 radical (unpaired) electrons. The Labute approximate surface area is 173 Å². The van der Waals surface area contributed by atoms with Crippen LogP contribution in [0.5, 0.6) is 0 Å². The molecule has 3 aromatic rings. The van der Waals surface area contributed by atoms with Crippen LogP contribution in [0.4, 0.5) is 0 Å². The van der Waals surface area contributed by atoms with Gasteiger partial charge in [0, 0.05) is 13.6 Å². The van der Waals surface area contributed by atoms with Crippen LogP contribution in [-0.2, 0) is 4.79 Å². The Morgan fingerprint density at radius 3 is 2.55 bits per heavy atom. The third kappa shape index (κ3) is 4.33. The second kappa shape index (κ2) is 8.93. The first-order valence-corrected chi connectivity index (χ1v) is 10.2. The van der Waals surface area contributed by atoms with Gasteiger partial charge in [-0.3, -0.25) is 14.2 Å². The van der Waals surface area contributed by atoms with Crippen LogP contribution in [0, 0.1) is 25.2 Å². The zero-order valence-electron chi connectivity index (χ0n) is 16.7. The second-order valence-corrected chi connectivity index (χ2v) is 7.75. The van der Waals surface area contributed by atoms with E-state index in [0.29, 0.717) is 22.6 Å². The van der Waals surface area contributed by atoms with Gasteiger partial charge in [-0.25, -0.2) is 4.98 Å². The summed E-state index contributed by atoms with van der Waals surface area (Å²) in [5.41, 5.74) is 3.17. The first kappa shape index (κ1) is 20.6. The van der Waals surface area contributed by atoms with Crippen molar-refractivity contribution in [1.29, 1.82) is 5.26 Å². The lowest BCUT2D eigenvalue weighted by Gasteiger charge is -2.18. The lowest BCUT2D eigenvalue weighted by Crippen LogP contribution is -2.30. The van der Waals surface area contributed by atoms with Crippen LogP contribution < -0.4 is 5.56 Å². The van der Waals surface area contributed by atoms with Crippen molar-refractivity contribution >= 4 is 28.6 Å². The van der Waals surface area contributed by atoms with E-state index in [1.807, 2.05) is 50.2 Å². The van der Waals surface area contributed by atoms with Crippen LogP contribution in [-0.4, -0.2) is 39.7 Å². The molecule has 0 spiro atoms. The van der Waals surface area contributed by atoms with Crippen molar-refractivity contribution in [1.82, 2.24) is 14.5 Å². The fourth-order valence-corrected chi connectivity index (χ4v) is 4.08. The van der Waals surface area contributed by atoms with E-state index in [1.165, 1.54) is 16.7 Å². The standard InChI is InChI=1S/C22H22N4O2S/c1-15-8-6-9-16(2)20(15)26-21(28)17-10-4-5-11-18(17)24-22(26)29-14-19(27)25(3)13-7-12-23/h4-6,8-11H,7,13-14H2,1-3H3. The van der Waals surface area contributed by atoms with E-state index in [4.69, 9.17) is 10.2 Å². The average molecular weight is 407 g/mol. The molecule has 0 N–H and O–H groups in total. The van der Waals surface area contributed by atoms with Crippen LogP contribution in [0.25, 0.3) is 16.6 Å². The molecule has 0 aliphatic carbocycles. The first-order valence-electron chi connectivity index (χ1n) is 9.26. The number of benzene rings is 2. The van der Waals surface area contributed by atoms with Crippen LogP contribution >= 0.6 is 11.8 Å². The van der Waals surface area contributed by atoms with Gasteiger partial charge in [-0.2, -0.15) is 5.26 Å². The summed E-state index contributed by atoms with van der Waals surface area (Å²) < 4.78 is 1.61. The number of fused-ring (bicyclic) bond motifs is 1. The number of aromatic nitrogens is 2. The molecule has 1 aromatic heterocycles. The third-order valence-corrected chi connectivity index (χ3v) is 5.64. The van der Waals surface area contributed by atoms with E-state index < -0.39 is 0 Å². The van der Waals surface area contributed by atoms with Crippen molar-refractivity contribution in [3.05, 3.63) is 63.9 Å². The SMILES string of the molecule is Cc1cccc(C)c1-n1c(SCC(=O)N(C)CCC#N)nc2ccccc2c1=O. The maximum absolute atomic E-state index is 13.4. The molecule has 0 atom stereocenters. The van der Waals surface area contributed by atoms with Gasteiger partial charge in [0.05, 0.1) is 34.8 Å². The Bertz CT molecular complexity index is 1140. The fourth-order valence-electron chi connectivity index (χ4n) is 3.14. The van der Waals surface area contributed by atoms with Gasteiger partial charge < -0.3 is 4.90 Å². The number of nitriles is 1. The Morgan fingerprint density at radius 2 is 1.86 bits per heavy atom. The number of carbonyl (C=O) groups is 1. The summed E-state index contributed by atoms with van der Waals surface area (Å²) >= 11 is 1.24. The largest absolute Gasteiger partial charge is 0.344 e. The van der Waals surface area contributed by atoms with Gasteiger partial charge in [0.15, 0.2) is 5.16 Å². The van der Waals surface area contributed by atoms with Crippen molar-refractivity contribution in [2.24, 2.45) is 0 Å². The summed E-state index contributed by atoms with van der Waals surface area (Å²) in [6.45, 7) is 4.29. The fraction of sp³-hybridized carbons (Fsp3) is 0.273. The smallest absolute Gasteiger partial charge is 0.266 e. The number of aryl methyl sites for hydroxylation is 2. The van der Waals surface area contributed by atoms with Gasteiger partial charge in [-0.05, 0) is 37.1 Å². The average Bonchev–Trinajstić information content (AvgIpc) is 2.71. The number of carbonyl (C=O) groups excluding carboxylic acids is 1. The second-order valence-electron chi connectivity index (χ2n) is 6.80. The number of hydrogen-bond acceptors (Lipinski definition) is 5. The predicted molar refractivity (Wildman–Crippen MR) is 115 cm³/mol. The van der Waals surface area contributed by atoms with Gasteiger partial charge in [-0.15, -0.1) is 0 Å². The van der Waals surface area contributed by atoms with Crippen molar-refractivity contribution in [3.8, 4) is 11.8 Å². The van der Waals surface area contributed by atoms with E-state index in [9.17, 15) is 9.59 Å². The Kier molecular flexibility index (Phi) is 6.35. The van der Waals surface area contributed by atoms with E-state index >= 15 is 0 Å². The highest BCUT2D eigenvalue weighted by Crippen LogP contribution is 2.25. The molecule has 148 valence electrons. The maximum atomic E-state index is 13.4. The van der Waals surface area contributed by atoms with Gasteiger partial charge in [-0.1, -0.05) is 42.1 Å². The molecule has 7 heteroatoms. The summed E-state index contributed by atoms with van der Waals surface area (Å²) in [7, 11) is 1.67. The van der Waals surface area contributed by atoms with Crippen LogP contribution in [0.1, 0.15) is 17.5 Å². The molecule has 0 aliphatic rings. The number of amides is 1. The predicted octanol–water partition coefficient (Wildman–Crippen LogP) is 3.47. The molecule has 0 unspecified atom stereocenters. The van der Waals surface area contributed by atoms with Crippen molar-refractivity contribution in [3.63, 3.8) is 0 Å². The molecule has 0 bridgehead atoms. The Morgan fingerprint density at radius 1 is 1.17 bits per heavy atom. The van der Waals surface area contributed by atoms with Gasteiger partial charge in [0.1, 0.15) is 0 Å². The molecule has 0 aliphatic heterocycles. The zero-order chi connectivity index (χ0) is 21.0. The molecule has 2 aromatic carbocycles. The van der Waals surface area contributed by atoms with Gasteiger partial charge in [0.25, 0.3) is 5.56 Å². The number of thioether (sulfide) groups is 1. The lowest BCUT2D eigenvalue weighted by molar-refractivity contribution is -0.127. The lowest BCUT2D eigenvalue weighted by atomic mass is 10.1. The molecule has 6 nitrogen and oxygen atoms in total. The summed E-state index contributed by atoms with van der Waals surface area (Å²) in [6, 6.07) is 15.1. The maximum Gasteiger partial charge on any atom is 0.266 e. The van der Waals surface area contributed by atoms with E-state index in [0.717, 1.165) is 16.8 Å². The molecular weight excluding hydrogens is 384 g/mol. The van der Waals surface area contributed by atoms with Crippen molar-refractivity contribution in [2.45, 2.75) is 25.4 Å². The molecule has 1 amide bonds. The highest BCUT2D eigenvalue weighted by Gasteiger charge is 2.18. The third-order valence-electron chi connectivity index (χ3n) is 4.72. The van der Waals surface area contributed by atoms with Gasteiger partial charge in [0.2, 0.25) is 5.91 Å². The first-order chi connectivity index (χ1) is 13.9. The monoisotopic (exact) mass is 406 g/mol. The number of nitrogens with zero attached hydrogens (tertiary/aromatic N) is 4. The highest BCUT2D eigenvalue weighted by molar-refractivity contribution is 7.99. The Balaban J connectivity index is 2.08. The summed E-state index contributed by atoms with van der Waals surface area (Å²) in [5.74, 6) is 0.0261. The molecule has 0 saturated carbocycles. The van der Waals surface area contributed by atoms with Crippen LogP contribution in [0.15, 0.2) is 52.4 Å². The van der Waals surface area contributed by atoms with Crippen molar-refractivity contribution in [2.75, 3.05) is 19.3 Å².